The van der Waals surface area contributed by atoms with Crippen LogP contribution in [0.2, 0.25) is 0 Å². The molecule has 0 spiro atoms. The van der Waals surface area contributed by atoms with E-state index in [0.717, 1.165) is 54.6 Å². The molecule has 4 rings (SSSR count). The standard InChI is InChI=1S/C30H40N4O4/c1-33(2)26-21-31-25-12-11-23(38-3)20-24(25)28(26)27(35)13-14-30(29(36)32-37)15-18-34(19-16-30)17-7-10-22-8-5-4-6-9-22/h4-6,8-9,11-12,20-21,27,35,37H,7,10,13-19H2,1-3H3,(H,32,36)/t27-/m1/s1. The number of rotatable bonds is 11. The number of carbonyl (C=O) groups excluding carboxylic acids is 1. The minimum atomic E-state index is -0.808. The number of hydroxylamine groups is 1. The number of carbonyl (C=O) groups is 1. The molecule has 1 aliphatic rings. The zero-order chi connectivity index (χ0) is 27.1. The second-order valence-corrected chi connectivity index (χ2v) is 10.5. The first kappa shape index (κ1) is 27.8. The van der Waals surface area contributed by atoms with Gasteiger partial charge in [-0.15, -0.1) is 0 Å². The number of benzene rings is 2. The van der Waals surface area contributed by atoms with Crippen molar-refractivity contribution in [2.45, 2.75) is 44.6 Å². The van der Waals surface area contributed by atoms with Crippen molar-refractivity contribution in [2.75, 3.05) is 45.7 Å². The number of hydrogen-bond donors (Lipinski definition) is 3. The molecular formula is C30H40N4O4. The normalized spacial score (nSPS) is 16.2. The lowest BCUT2D eigenvalue weighted by molar-refractivity contribution is -0.143. The summed E-state index contributed by atoms with van der Waals surface area (Å²) >= 11 is 0. The van der Waals surface area contributed by atoms with Crippen molar-refractivity contribution in [3.63, 3.8) is 0 Å². The minimum Gasteiger partial charge on any atom is -0.497 e. The zero-order valence-corrected chi connectivity index (χ0v) is 22.7. The minimum absolute atomic E-state index is 0.359. The van der Waals surface area contributed by atoms with Gasteiger partial charge in [0.1, 0.15) is 5.75 Å². The molecule has 8 nitrogen and oxygen atoms in total. The lowest BCUT2D eigenvalue weighted by Gasteiger charge is -2.40. The Morgan fingerprint density at radius 3 is 2.58 bits per heavy atom. The van der Waals surface area contributed by atoms with Gasteiger partial charge in [0, 0.05) is 25.0 Å². The van der Waals surface area contributed by atoms with E-state index in [1.165, 1.54) is 5.56 Å². The zero-order valence-electron chi connectivity index (χ0n) is 22.7. The van der Waals surface area contributed by atoms with E-state index in [1.807, 2.05) is 48.7 Å². The van der Waals surface area contributed by atoms with Gasteiger partial charge in [0.05, 0.1) is 36.0 Å². The molecule has 0 radical (unpaired) electrons. The van der Waals surface area contributed by atoms with Gasteiger partial charge in [-0.3, -0.25) is 15.0 Å². The van der Waals surface area contributed by atoms with Crippen molar-refractivity contribution < 1.29 is 19.8 Å². The summed E-state index contributed by atoms with van der Waals surface area (Å²) in [7, 11) is 5.46. The molecule has 2 heterocycles. The lowest BCUT2D eigenvalue weighted by atomic mass is 9.73. The molecule has 1 aliphatic heterocycles. The third-order valence-electron chi connectivity index (χ3n) is 7.99. The van der Waals surface area contributed by atoms with Crippen molar-refractivity contribution >= 4 is 22.5 Å². The molecule has 3 N–H and O–H groups in total. The van der Waals surface area contributed by atoms with E-state index in [9.17, 15) is 15.1 Å². The fourth-order valence-corrected chi connectivity index (χ4v) is 5.64. The van der Waals surface area contributed by atoms with Crippen LogP contribution < -0.4 is 15.1 Å². The molecule has 38 heavy (non-hydrogen) atoms. The highest BCUT2D eigenvalue weighted by Crippen LogP contribution is 2.41. The molecule has 3 aromatic rings. The van der Waals surface area contributed by atoms with E-state index < -0.39 is 11.5 Å². The van der Waals surface area contributed by atoms with Crippen LogP contribution in [0.1, 0.15) is 49.3 Å². The largest absolute Gasteiger partial charge is 0.497 e. The van der Waals surface area contributed by atoms with Gasteiger partial charge in [0.25, 0.3) is 0 Å². The number of hydrogen-bond acceptors (Lipinski definition) is 7. The van der Waals surface area contributed by atoms with Gasteiger partial charge in [-0.05, 0) is 81.9 Å². The number of ether oxygens (including phenoxy) is 1. The number of piperidine rings is 1. The maximum Gasteiger partial charge on any atom is 0.249 e. The molecule has 1 amide bonds. The summed E-state index contributed by atoms with van der Waals surface area (Å²) in [5.41, 5.74) is 4.92. The molecule has 1 saturated heterocycles. The fraction of sp³-hybridized carbons (Fsp3) is 0.467. The van der Waals surface area contributed by atoms with Crippen LogP contribution in [-0.2, 0) is 11.2 Å². The van der Waals surface area contributed by atoms with Gasteiger partial charge in [-0.25, -0.2) is 5.48 Å². The highest BCUT2D eigenvalue weighted by atomic mass is 16.5. The van der Waals surface area contributed by atoms with Crippen LogP contribution in [0.15, 0.2) is 54.7 Å². The molecule has 0 bridgehead atoms. The number of methoxy groups -OCH3 is 1. The van der Waals surface area contributed by atoms with Crippen LogP contribution in [0, 0.1) is 5.41 Å². The first-order chi connectivity index (χ1) is 18.4. The summed E-state index contributed by atoms with van der Waals surface area (Å²) in [6.45, 7) is 2.55. The summed E-state index contributed by atoms with van der Waals surface area (Å²) in [5.74, 6) is 0.335. The third-order valence-corrected chi connectivity index (χ3v) is 7.99. The molecule has 2 aromatic carbocycles. The topological polar surface area (TPSA) is 98.2 Å². The van der Waals surface area contributed by atoms with E-state index >= 15 is 0 Å². The molecule has 1 fully saturated rings. The molecule has 8 heteroatoms. The summed E-state index contributed by atoms with van der Waals surface area (Å²) in [4.78, 5) is 21.8. The number of aliphatic hydroxyl groups is 1. The van der Waals surface area contributed by atoms with E-state index in [1.54, 1.807) is 13.3 Å². The molecule has 0 saturated carbocycles. The number of likely N-dealkylation sites (tertiary alicyclic amines) is 1. The molecule has 0 aliphatic carbocycles. The number of aliphatic hydroxyl groups excluding tert-OH is 1. The molecule has 1 aromatic heterocycles. The average molecular weight is 521 g/mol. The quantitative estimate of drug-likeness (QED) is 0.256. The SMILES string of the molecule is COc1ccc2ncc(N(C)C)c([C@H](O)CCC3(C(=O)NO)CCN(CCCc4ccccc4)CC3)c2c1. The predicted octanol–water partition coefficient (Wildman–Crippen LogP) is 4.34. The van der Waals surface area contributed by atoms with Crippen LogP contribution in [-0.4, -0.2) is 66.9 Å². The Balaban J connectivity index is 1.45. The second kappa shape index (κ2) is 12.6. The second-order valence-electron chi connectivity index (χ2n) is 10.5. The van der Waals surface area contributed by atoms with Crippen molar-refractivity contribution in [1.82, 2.24) is 15.4 Å². The molecule has 1 atom stereocenters. The smallest absolute Gasteiger partial charge is 0.249 e. The number of aromatic nitrogens is 1. The van der Waals surface area contributed by atoms with E-state index in [-0.39, 0.29) is 5.91 Å². The Labute approximate surface area is 225 Å². The third kappa shape index (κ3) is 6.26. The van der Waals surface area contributed by atoms with Gasteiger partial charge < -0.3 is 19.6 Å². The van der Waals surface area contributed by atoms with Crippen LogP contribution in [0.3, 0.4) is 0 Å². The average Bonchev–Trinajstić information content (AvgIpc) is 2.95. The number of nitrogens with one attached hydrogen (secondary N) is 1. The maximum absolute atomic E-state index is 12.9. The van der Waals surface area contributed by atoms with Crippen LogP contribution >= 0.6 is 0 Å². The van der Waals surface area contributed by atoms with Gasteiger partial charge in [0.15, 0.2) is 0 Å². The molecule has 0 unspecified atom stereocenters. The number of nitrogens with zero attached hydrogens (tertiary/aromatic N) is 3. The summed E-state index contributed by atoms with van der Waals surface area (Å²) in [5, 5.41) is 21.9. The highest BCUT2D eigenvalue weighted by Gasteiger charge is 2.41. The summed E-state index contributed by atoms with van der Waals surface area (Å²) < 4.78 is 5.43. The van der Waals surface area contributed by atoms with Crippen LogP contribution in [0.4, 0.5) is 5.69 Å². The van der Waals surface area contributed by atoms with Crippen LogP contribution in [0.5, 0.6) is 5.75 Å². The van der Waals surface area contributed by atoms with E-state index in [2.05, 4.69) is 34.1 Å². The molecule has 204 valence electrons. The Hall–Kier alpha value is -3.20. The van der Waals surface area contributed by atoms with Crippen molar-refractivity contribution in [1.29, 1.82) is 0 Å². The Morgan fingerprint density at radius 2 is 1.92 bits per heavy atom. The fourth-order valence-electron chi connectivity index (χ4n) is 5.64. The monoisotopic (exact) mass is 520 g/mol. The Morgan fingerprint density at radius 1 is 1.18 bits per heavy atom. The first-order valence-corrected chi connectivity index (χ1v) is 13.4. The van der Waals surface area contributed by atoms with Gasteiger partial charge in [-0.2, -0.15) is 0 Å². The number of aryl methyl sites for hydroxylation is 1. The Bertz CT molecular complexity index is 1210. The van der Waals surface area contributed by atoms with E-state index in [0.29, 0.717) is 31.4 Å². The van der Waals surface area contributed by atoms with Crippen molar-refractivity contribution in [2.24, 2.45) is 5.41 Å². The summed E-state index contributed by atoms with van der Waals surface area (Å²) in [6.07, 6.45) is 5.21. The van der Waals surface area contributed by atoms with E-state index in [4.69, 9.17) is 4.74 Å². The number of fused-ring (bicyclic) bond motifs is 1. The van der Waals surface area contributed by atoms with Crippen molar-refractivity contribution in [3.8, 4) is 5.75 Å². The van der Waals surface area contributed by atoms with Crippen molar-refractivity contribution in [3.05, 3.63) is 65.9 Å². The number of pyridine rings is 1. The van der Waals surface area contributed by atoms with Gasteiger partial charge >= 0.3 is 0 Å². The van der Waals surface area contributed by atoms with Gasteiger partial charge in [0.2, 0.25) is 5.91 Å². The lowest BCUT2D eigenvalue weighted by Crippen LogP contribution is -2.48. The molecular weight excluding hydrogens is 480 g/mol. The first-order valence-electron chi connectivity index (χ1n) is 13.4. The Kier molecular flexibility index (Phi) is 9.20. The summed E-state index contributed by atoms with van der Waals surface area (Å²) in [6, 6.07) is 16.1. The van der Waals surface area contributed by atoms with Gasteiger partial charge in [-0.1, -0.05) is 30.3 Å². The van der Waals surface area contributed by atoms with Crippen LogP contribution in [0.25, 0.3) is 10.9 Å². The maximum atomic E-state index is 12.9. The number of amides is 1. The highest BCUT2D eigenvalue weighted by molar-refractivity contribution is 5.88. The predicted molar refractivity (Wildman–Crippen MR) is 150 cm³/mol. The number of anilines is 1.